The van der Waals surface area contributed by atoms with Gasteiger partial charge in [-0.25, -0.2) is 0 Å². The molecular weight excluding hydrogens is 182 g/mol. The van der Waals surface area contributed by atoms with Crippen LogP contribution in [-0.4, -0.2) is 29.6 Å². The molecule has 2 nitrogen and oxygen atoms in total. The average Bonchev–Trinajstić information content (AvgIpc) is 2.18. The molecule has 0 saturated carbocycles. The molecule has 3 heteroatoms. The van der Waals surface area contributed by atoms with Gasteiger partial charge in [0, 0.05) is 19.1 Å². The van der Waals surface area contributed by atoms with Crippen LogP contribution in [-0.2, 0) is 4.18 Å². The van der Waals surface area contributed by atoms with Crippen molar-refractivity contribution in [3.63, 3.8) is 0 Å². The van der Waals surface area contributed by atoms with Gasteiger partial charge in [-0.05, 0) is 46.0 Å². The molecule has 0 unspecified atom stereocenters. The fourth-order valence-electron chi connectivity index (χ4n) is 1.96. The second-order valence-electron chi connectivity index (χ2n) is 4.26. The van der Waals surface area contributed by atoms with Crippen molar-refractivity contribution in [1.82, 2.24) is 4.90 Å². The first-order chi connectivity index (χ1) is 6.13. The van der Waals surface area contributed by atoms with Gasteiger partial charge in [-0.2, -0.15) is 0 Å². The largest absolute Gasteiger partial charge is 0.312 e. The Bertz CT molecular complexity index is 147. The molecular formula is C10H21NOS. The molecule has 0 spiro atoms. The highest BCUT2D eigenvalue weighted by Crippen LogP contribution is 2.31. The molecule has 13 heavy (non-hydrogen) atoms. The number of rotatable bonds is 3. The first kappa shape index (κ1) is 11.3. The molecule has 0 N–H and O–H groups in total. The lowest BCUT2D eigenvalue weighted by Crippen LogP contribution is -2.46. The fraction of sp³-hybridized carbons (Fsp3) is 1.00. The second kappa shape index (κ2) is 4.67. The lowest BCUT2D eigenvalue weighted by molar-refractivity contribution is 0.00784. The molecule has 0 aliphatic carbocycles. The third-order valence-electron chi connectivity index (χ3n) is 3.28. The summed E-state index contributed by atoms with van der Waals surface area (Å²) in [6, 6.07) is 0.662. The average molecular weight is 203 g/mol. The number of nitrogens with zero attached hydrogens (tertiary/aromatic N) is 1. The van der Waals surface area contributed by atoms with Crippen molar-refractivity contribution in [2.45, 2.75) is 51.7 Å². The first-order valence-electron chi connectivity index (χ1n) is 5.20. The lowest BCUT2D eigenvalue weighted by Gasteiger charge is -2.41. The van der Waals surface area contributed by atoms with E-state index in [2.05, 4.69) is 38.6 Å². The minimum absolute atomic E-state index is 0.0501. The van der Waals surface area contributed by atoms with Gasteiger partial charge in [0.25, 0.3) is 0 Å². The maximum Gasteiger partial charge on any atom is 0.0847 e. The van der Waals surface area contributed by atoms with Crippen LogP contribution in [0.3, 0.4) is 0 Å². The Morgan fingerprint density at radius 3 is 2.23 bits per heavy atom. The molecule has 1 saturated heterocycles. The molecule has 1 aliphatic rings. The molecule has 0 aromatic heterocycles. The standard InChI is InChI=1S/C10H21NOS/c1-4-10(12-13)5-7-11(8-6-10)9(2)3/h9,13H,4-8H2,1-3H3. The van der Waals surface area contributed by atoms with E-state index in [4.69, 9.17) is 4.18 Å². The maximum absolute atomic E-state index is 5.32. The Kier molecular flexibility index (Phi) is 4.07. The third-order valence-corrected chi connectivity index (χ3v) is 3.66. The van der Waals surface area contributed by atoms with Gasteiger partial charge in [0.05, 0.1) is 5.60 Å². The van der Waals surface area contributed by atoms with E-state index >= 15 is 0 Å². The van der Waals surface area contributed by atoms with Gasteiger partial charge in [-0.15, -0.1) is 0 Å². The maximum atomic E-state index is 5.32. The van der Waals surface area contributed by atoms with Crippen LogP contribution in [0.1, 0.15) is 40.0 Å². The van der Waals surface area contributed by atoms with Crippen molar-refractivity contribution in [2.24, 2.45) is 0 Å². The monoisotopic (exact) mass is 203 g/mol. The van der Waals surface area contributed by atoms with E-state index < -0.39 is 0 Å². The summed E-state index contributed by atoms with van der Waals surface area (Å²) < 4.78 is 5.32. The molecule has 0 bridgehead atoms. The lowest BCUT2D eigenvalue weighted by atomic mass is 9.88. The van der Waals surface area contributed by atoms with Gasteiger partial charge in [0.15, 0.2) is 0 Å². The predicted molar refractivity (Wildman–Crippen MR) is 59.0 cm³/mol. The quantitative estimate of drug-likeness (QED) is 0.559. The Labute approximate surface area is 87.3 Å². The van der Waals surface area contributed by atoms with Gasteiger partial charge in [-0.1, -0.05) is 6.92 Å². The minimum Gasteiger partial charge on any atom is -0.312 e. The number of likely N-dealkylation sites (tertiary alicyclic amines) is 1. The Morgan fingerprint density at radius 2 is 1.92 bits per heavy atom. The minimum atomic E-state index is 0.0501. The van der Waals surface area contributed by atoms with Crippen LogP contribution in [0.5, 0.6) is 0 Å². The molecule has 0 amide bonds. The zero-order valence-electron chi connectivity index (χ0n) is 8.92. The highest BCUT2D eigenvalue weighted by molar-refractivity contribution is 7.75. The molecule has 78 valence electrons. The molecule has 1 rings (SSSR count). The first-order valence-corrected chi connectivity index (χ1v) is 5.56. The summed E-state index contributed by atoms with van der Waals surface area (Å²) in [5.74, 6) is 0. The summed E-state index contributed by atoms with van der Waals surface area (Å²) in [5, 5.41) is 0. The van der Waals surface area contributed by atoms with E-state index in [1.54, 1.807) is 0 Å². The Balaban J connectivity index is 2.45. The van der Waals surface area contributed by atoms with E-state index in [0.717, 1.165) is 32.4 Å². The topological polar surface area (TPSA) is 12.5 Å². The number of hydrogen-bond donors (Lipinski definition) is 1. The molecule has 0 aromatic rings. The second-order valence-corrected chi connectivity index (χ2v) is 4.44. The highest BCUT2D eigenvalue weighted by Gasteiger charge is 2.33. The molecule has 0 radical (unpaired) electrons. The summed E-state index contributed by atoms with van der Waals surface area (Å²) in [6.45, 7) is 8.97. The van der Waals surface area contributed by atoms with Crippen LogP contribution >= 0.6 is 12.9 Å². The molecule has 1 aliphatic heterocycles. The van der Waals surface area contributed by atoms with Crippen molar-refractivity contribution in [2.75, 3.05) is 13.1 Å². The van der Waals surface area contributed by atoms with Crippen molar-refractivity contribution >= 4 is 12.9 Å². The van der Waals surface area contributed by atoms with Crippen LogP contribution in [0.25, 0.3) is 0 Å². The van der Waals surface area contributed by atoms with Crippen LogP contribution in [0.4, 0.5) is 0 Å². The van der Waals surface area contributed by atoms with Gasteiger partial charge in [0.2, 0.25) is 0 Å². The van der Waals surface area contributed by atoms with Gasteiger partial charge < -0.3 is 9.08 Å². The van der Waals surface area contributed by atoms with Crippen LogP contribution in [0.2, 0.25) is 0 Å². The smallest absolute Gasteiger partial charge is 0.0847 e. The Morgan fingerprint density at radius 1 is 1.38 bits per heavy atom. The zero-order chi connectivity index (χ0) is 9.90. The van der Waals surface area contributed by atoms with Gasteiger partial charge >= 0.3 is 0 Å². The third kappa shape index (κ3) is 2.61. The predicted octanol–water partition coefficient (Wildman–Crippen LogP) is 2.50. The van der Waals surface area contributed by atoms with E-state index in [1.165, 1.54) is 0 Å². The summed E-state index contributed by atoms with van der Waals surface area (Å²) in [4.78, 5) is 2.50. The van der Waals surface area contributed by atoms with E-state index in [0.29, 0.717) is 6.04 Å². The van der Waals surface area contributed by atoms with Gasteiger partial charge in [0.1, 0.15) is 0 Å². The SMILES string of the molecule is CCC1(OS)CCN(C(C)C)CC1. The Hall–Kier alpha value is 0.270. The van der Waals surface area contributed by atoms with Gasteiger partial charge in [-0.3, -0.25) is 0 Å². The highest BCUT2D eigenvalue weighted by atomic mass is 32.1. The van der Waals surface area contributed by atoms with Crippen LogP contribution < -0.4 is 0 Å². The van der Waals surface area contributed by atoms with Crippen molar-refractivity contribution in [3.05, 3.63) is 0 Å². The fourth-order valence-corrected chi connectivity index (χ4v) is 2.27. The molecule has 1 heterocycles. The summed E-state index contributed by atoms with van der Waals surface area (Å²) >= 11 is 3.99. The zero-order valence-corrected chi connectivity index (χ0v) is 9.81. The summed E-state index contributed by atoms with van der Waals surface area (Å²) in [7, 11) is 0. The van der Waals surface area contributed by atoms with Crippen molar-refractivity contribution in [1.29, 1.82) is 0 Å². The normalized spacial score (nSPS) is 23.8. The summed E-state index contributed by atoms with van der Waals surface area (Å²) in [6.07, 6.45) is 3.30. The van der Waals surface area contributed by atoms with Crippen LogP contribution in [0.15, 0.2) is 0 Å². The molecule has 0 aromatic carbocycles. The number of thiol groups is 1. The van der Waals surface area contributed by atoms with Crippen molar-refractivity contribution in [3.8, 4) is 0 Å². The van der Waals surface area contributed by atoms with E-state index in [1.807, 2.05) is 0 Å². The number of piperidine rings is 1. The summed E-state index contributed by atoms with van der Waals surface area (Å²) in [5.41, 5.74) is 0.0501. The number of hydrogen-bond acceptors (Lipinski definition) is 3. The van der Waals surface area contributed by atoms with E-state index in [9.17, 15) is 0 Å². The van der Waals surface area contributed by atoms with Crippen LogP contribution in [0, 0.1) is 0 Å². The molecule has 1 fully saturated rings. The van der Waals surface area contributed by atoms with Crippen molar-refractivity contribution < 1.29 is 4.18 Å². The molecule has 0 atom stereocenters. The van der Waals surface area contributed by atoms with E-state index in [-0.39, 0.29) is 5.60 Å².